The van der Waals surface area contributed by atoms with Crippen LogP contribution in [-0.4, -0.2) is 24.3 Å². The van der Waals surface area contributed by atoms with Gasteiger partial charge >= 0.3 is 0 Å². The maximum atomic E-state index is 11.9. The molecule has 1 aliphatic heterocycles. The van der Waals surface area contributed by atoms with Crippen molar-refractivity contribution in [2.45, 2.75) is 39.5 Å². The monoisotopic (exact) mass is 413 g/mol. The van der Waals surface area contributed by atoms with Crippen LogP contribution in [0.1, 0.15) is 54.5 Å². The number of rotatable bonds is 7. The van der Waals surface area contributed by atoms with Crippen LogP contribution in [0, 0.1) is 11.3 Å². The van der Waals surface area contributed by atoms with Crippen LogP contribution < -0.4 is 5.32 Å². The molecule has 1 heterocycles. The number of hydrogen-bond acceptors (Lipinski definition) is 3. The van der Waals surface area contributed by atoms with E-state index in [0.717, 1.165) is 46.3 Å². The molecular weight excluding hydrogens is 386 g/mol. The van der Waals surface area contributed by atoms with Gasteiger partial charge in [-0.2, -0.15) is 5.26 Å². The number of anilines is 1. The highest BCUT2D eigenvalue weighted by Gasteiger charge is 2.21. The minimum atomic E-state index is 0.0303. The van der Waals surface area contributed by atoms with E-state index in [4.69, 9.17) is 5.26 Å². The predicted octanol–water partition coefficient (Wildman–Crippen LogP) is 4.82. The lowest BCUT2D eigenvalue weighted by atomic mass is 9.86. The molecule has 1 N–H and O–H groups in total. The maximum Gasteiger partial charge on any atom is 0.224 e. The molecule has 158 valence electrons. The smallest absolute Gasteiger partial charge is 0.224 e. The molecule has 0 aromatic heterocycles. The van der Waals surface area contributed by atoms with Crippen molar-refractivity contribution in [3.8, 4) is 6.07 Å². The summed E-state index contributed by atoms with van der Waals surface area (Å²) in [6, 6.07) is 13.7. The Kier molecular flexibility index (Phi) is 7.04. The summed E-state index contributed by atoms with van der Waals surface area (Å²) in [5.74, 6) is 0.0303. The van der Waals surface area contributed by atoms with E-state index in [-0.39, 0.29) is 5.91 Å². The van der Waals surface area contributed by atoms with Crippen LogP contribution in [0.25, 0.3) is 5.57 Å². The summed E-state index contributed by atoms with van der Waals surface area (Å²) in [6.45, 7) is 4.18. The van der Waals surface area contributed by atoms with E-state index >= 15 is 0 Å². The number of amides is 2. The van der Waals surface area contributed by atoms with Crippen LogP contribution in [0.3, 0.4) is 0 Å². The van der Waals surface area contributed by atoms with Crippen molar-refractivity contribution in [3.63, 3.8) is 0 Å². The number of carbonyl (C=O) groups is 2. The fraction of sp³-hybridized carbons (Fsp3) is 0.269. The van der Waals surface area contributed by atoms with Crippen LogP contribution in [0.15, 0.2) is 54.2 Å². The van der Waals surface area contributed by atoms with E-state index < -0.39 is 0 Å². The van der Waals surface area contributed by atoms with Gasteiger partial charge < -0.3 is 10.2 Å². The van der Waals surface area contributed by atoms with Crippen molar-refractivity contribution in [2.24, 2.45) is 0 Å². The maximum absolute atomic E-state index is 11.9. The summed E-state index contributed by atoms with van der Waals surface area (Å²) >= 11 is 0. The van der Waals surface area contributed by atoms with Gasteiger partial charge in [0.25, 0.3) is 0 Å². The van der Waals surface area contributed by atoms with Crippen molar-refractivity contribution < 1.29 is 9.59 Å². The Morgan fingerprint density at radius 1 is 1.19 bits per heavy atom. The summed E-state index contributed by atoms with van der Waals surface area (Å²) in [5, 5.41) is 12.1. The highest BCUT2D eigenvalue weighted by Crippen LogP contribution is 2.34. The van der Waals surface area contributed by atoms with Crippen molar-refractivity contribution in [1.29, 1.82) is 5.26 Å². The topological polar surface area (TPSA) is 73.2 Å². The van der Waals surface area contributed by atoms with E-state index in [1.807, 2.05) is 42.6 Å². The zero-order valence-corrected chi connectivity index (χ0v) is 18.2. The molecule has 5 heteroatoms. The first-order valence-corrected chi connectivity index (χ1v) is 10.4. The number of nitrogens with zero attached hydrogens (tertiary/aromatic N) is 2. The molecule has 31 heavy (non-hydrogen) atoms. The lowest BCUT2D eigenvalue weighted by Crippen LogP contribution is -2.21. The second-order valence-electron chi connectivity index (χ2n) is 7.85. The number of carbonyl (C=O) groups excluding carboxylic acids is 2. The van der Waals surface area contributed by atoms with Gasteiger partial charge in [0.2, 0.25) is 12.3 Å². The molecular formula is C26H27N3O2. The Bertz CT molecular complexity index is 1090. The number of fused-ring (bicyclic) bond motifs is 1. The largest absolute Gasteiger partial charge is 0.326 e. The standard InChI is InChI=1S/C26H27N3O2/c1-4-18(2)13-21(16-29(3)17-30)22-9-11-25-23(10-12-26(31)28-25)24(22)14-19-5-7-20(15-27)8-6-19/h5-9,11,13,16-17H,4,10,12,14H2,1-3H3,(H,28,31)/b18-13+,21-16+. The lowest BCUT2D eigenvalue weighted by Gasteiger charge is -2.24. The second kappa shape index (κ2) is 9.90. The third kappa shape index (κ3) is 5.29. The summed E-state index contributed by atoms with van der Waals surface area (Å²) in [4.78, 5) is 24.8. The van der Waals surface area contributed by atoms with E-state index in [1.165, 1.54) is 10.5 Å². The molecule has 0 fully saturated rings. The number of hydrogen-bond donors (Lipinski definition) is 1. The minimum Gasteiger partial charge on any atom is -0.326 e. The fourth-order valence-electron chi connectivity index (χ4n) is 3.72. The number of benzene rings is 2. The third-order valence-corrected chi connectivity index (χ3v) is 5.55. The zero-order valence-electron chi connectivity index (χ0n) is 18.2. The Balaban J connectivity index is 2.18. The van der Waals surface area contributed by atoms with Crippen LogP contribution >= 0.6 is 0 Å². The molecule has 0 bridgehead atoms. The van der Waals surface area contributed by atoms with Gasteiger partial charge in [0.1, 0.15) is 0 Å². The molecule has 0 spiro atoms. The summed E-state index contributed by atoms with van der Waals surface area (Å²) in [6.07, 6.45) is 7.45. The molecule has 2 aromatic carbocycles. The predicted molar refractivity (Wildman–Crippen MR) is 123 cm³/mol. The van der Waals surface area contributed by atoms with Crippen LogP contribution in [-0.2, 0) is 22.4 Å². The molecule has 0 saturated carbocycles. The van der Waals surface area contributed by atoms with Gasteiger partial charge in [0, 0.05) is 25.4 Å². The molecule has 0 saturated heterocycles. The molecule has 1 aliphatic rings. The fourth-order valence-corrected chi connectivity index (χ4v) is 3.72. The van der Waals surface area contributed by atoms with Crippen LogP contribution in [0.2, 0.25) is 0 Å². The zero-order chi connectivity index (χ0) is 22.4. The average Bonchev–Trinajstić information content (AvgIpc) is 2.78. The normalized spacial score (nSPS) is 13.8. The van der Waals surface area contributed by atoms with Crippen molar-refractivity contribution >= 4 is 23.6 Å². The van der Waals surface area contributed by atoms with Crippen molar-refractivity contribution in [3.05, 3.63) is 82.1 Å². The van der Waals surface area contributed by atoms with E-state index in [9.17, 15) is 9.59 Å². The van der Waals surface area contributed by atoms with E-state index in [1.54, 1.807) is 7.05 Å². The summed E-state index contributed by atoms with van der Waals surface area (Å²) < 4.78 is 0. The first-order valence-electron chi connectivity index (χ1n) is 10.4. The number of nitriles is 1. The molecule has 2 aromatic rings. The molecule has 0 unspecified atom stereocenters. The highest BCUT2D eigenvalue weighted by molar-refractivity contribution is 5.95. The molecule has 2 amide bonds. The summed E-state index contributed by atoms with van der Waals surface area (Å²) in [7, 11) is 1.72. The van der Waals surface area contributed by atoms with Gasteiger partial charge in [-0.05, 0) is 72.2 Å². The van der Waals surface area contributed by atoms with Gasteiger partial charge in [-0.25, -0.2) is 0 Å². The number of allylic oxidation sites excluding steroid dienone is 3. The van der Waals surface area contributed by atoms with E-state index in [2.05, 4.69) is 31.3 Å². The van der Waals surface area contributed by atoms with E-state index in [0.29, 0.717) is 24.8 Å². The molecule has 0 atom stereocenters. The van der Waals surface area contributed by atoms with Gasteiger partial charge in [-0.15, -0.1) is 0 Å². The van der Waals surface area contributed by atoms with Crippen LogP contribution in [0.4, 0.5) is 5.69 Å². The third-order valence-electron chi connectivity index (χ3n) is 5.55. The number of nitrogens with one attached hydrogen (secondary N) is 1. The Morgan fingerprint density at radius 3 is 2.58 bits per heavy atom. The van der Waals surface area contributed by atoms with Crippen molar-refractivity contribution in [2.75, 3.05) is 12.4 Å². The highest BCUT2D eigenvalue weighted by atomic mass is 16.1. The van der Waals surface area contributed by atoms with Gasteiger partial charge in [0.05, 0.1) is 11.6 Å². The van der Waals surface area contributed by atoms with Gasteiger partial charge in [-0.1, -0.05) is 36.8 Å². The average molecular weight is 414 g/mol. The first-order chi connectivity index (χ1) is 14.9. The second-order valence-corrected chi connectivity index (χ2v) is 7.85. The van der Waals surface area contributed by atoms with Crippen molar-refractivity contribution in [1.82, 2.24) is 4.90 Å². The first kappa shape index (κ1) is 22.0. The Hall–Kier alpha value is -3.65. The molecule has 3 rings (SSSR count). The quantitative estimate of drug-likeness (QED) is 0.522. The molecule has 5 nitrogen and oxygen atoms in total. The Morgan fingerprint density at radius 2 is 1.94 bits per heavy atom. The minimum absolute atomic E-state index is 0.0303. The summed E-state index contributed by atoms with van der Waals surface area (Å²) in [5.41, 5.74) is 8.03. The molecule has 0 radical (unpaired) electrons. The Labute approximate surface area is 183 Å². The molecule has 0 aliphatic carbocycles. The van der Waals surface area contributed by atoms with Gasteiger partial charge in [-0.3, -0.25) is 9.59 Å². The van der Waals surface area contributed by atoms with Gasteiger partial charge in [0.15, 0.2) is 0 Å². The lowest BCUT2D eigenvalue weighted by molar-refractivity contribution is -0.116. The van der Waals surface area contributed by atoms with Crippen LogP contribution in [0.5, 0.6) is 0 Å². The SMILES string of the molecule is CC/C(C)=C/C(=C\N(C)C=O)c1ccc2c(c1Cc1ccc(C#N)cc1)CCC(=O)N2.